The van der Waals surface area contributed by atoms with Crippen molar-refractivity contribution < 1.29 is 18.3 Å². The standard InChI is InChI=1S/C13H17NO4S/c1-4-7-19(17,18)10(3)13(16)14-11-8-9(2)5-6-12(11)15/h4-6,8,10,15H,1,7H2,2-3H3,(H,14,16). The van der Waals surface area contributed by atoms with E-state index < -0.39 is 21.0 Å². The van der Waals surface area contributed by atoms with Crippen LogP contribution in [0, 0.1) is 6.92 Å². The maximum Gasteiger partial charge on any atom is 0.242 e. The molecule has 0 aliphatic heterocycles. The Hall–Kier alpha value is -1.82. The third-order valence-corrected chi connectivity index (χ3v) is 4.66. The van der Waals surface area contributed by atoms with Gasteiger partial charge in [-0.3, -0.25) is 4.79 Å². The largest absolute Gasteiger partial charge is 0.506 e. The van der Waals surface area contributed by atoms with Crippen molar-refractivity contribution in [1.29, 1.82) is 0 Å². The average Bonchev–Trinajstić information content (AvgIpc) is 2.32. The minimum Gasteiger partial charge on any atom is -0.506 e. The quantitative estimate of drug-likeness (QED) is 0.635. The summed E-state index contributed by atoms with van der Waals surface area (Å²) >= 11 is 0. The Balaban J connectivity index is 2.91. The van der Waals surface area contributed by atoms with Gasteiger partial charge in [-0.05, 0) is 31.5 Å². The normalized spacial score (nSPS) is 12.7. The Kier molecular flexibility index (Phi) is 4.72. The van der Waals surface area contributed by atoms with Crippen LogP contribution in [0.15, 0.2) is 30.9 Å². The SMILES string of the molecule is C=CCS(=O)(=O)C(C)C(=O)Nc1cc(C)ccc1O. The number of amides is 1. The second-order valence-electron chi connectivity index (χ2n) is 4.27. The van der Waals surface area contributed by atoms with Crippen LogP contribution in [0.25, 0.3) is 0 Å². The van der Waals surface area contributed by atoms with Gasteiger partial charge in [-0.25, -0.2) is 8.42 Å². The van der Waals surface area contributed by atoms with Gasteiger partial charge in [-0.2, -0.15) is 0 Å². The van der Waals surface area contributed by atoms with Crippen LogP contribution in [0.1, 0.15) is 12.5 Å². The first kappa shape index (κ1) is 15.2. The molecule has 0 aromatic heterocycles. The summed E-state index contributed by atoms with van der Waals surface area (Å²) in [5, 5.41) is 10.8. The number of anilines is 1. The molecule has 0 bridgehead atoms. The summed E-state index contributed by atoms with van der Waals surface area (Å²) in [5.74, 6) is -1.04. The molecule has 0 fully saturated rings. The molecule has 5 nitrogen and oxygen atoms in total. The fourth-order valence-electron chi connectivity index (χ4n) is 1.46. The van der Waals surface area contributed by atoms with Crippen LogP contribution in [0.2, 0.25) is 0 Å². The second kappa shape index (κ2) is 5.88. The molecule has 0 saturated heterocycles. The summed E-state index contributed by atoms with van der Waals surface area (Å²) in [6, 6.07) is 4.69. The highest BCUT2D eigenvalue weighted by atomic mass is 32.2. The fraction of sp³-hybridized carbons (Fsp3) is 0.308. The third kappa shape index (κ3) is 3.82. The molecule has 1 amide bonds. The summed E-state index contributed by atoms with van der Waals surface area (Å²) in [7, 11) is -3.56. The van der Waals surface area contributed by atoms with Gasteiger partial charge in [0.2, 0.25) is 5.91 Å². The lowest BCUT2D eigenvalue weighted by atomic mass is 10.2. The number of phenolic OH excluding ortho intramolecular Hbond substituents is 1. The molecule has 104 valence electrons. The van der Waals surface area contributed by atoms with Crippen molar-refractivity contribution in [3.63, 3.8) is 0 Å². The number of rotatable bonds is 5. The van der Waals surface area contributed by atoms with Crippen molar-refractivity contribution in [3.05, 3.63) is 36.4 Å². The maximum absolute atomic E-state index is 11.9. The number of carbonyl (C=O) groups is 1. The zero-order chi connectivity index (χ0) is 14.6. The predicted octanol–water partition coefficient (Wildman–Crippen LogP) is 1.63. The van der Waals surface area contributed by atoms with E-state index in [1.807, 2.05) is 0 Å². The Labute approximate surface area is 112 Å². The number of phenols is 1. The number of nitrogens with one attached hydrogen (secondary N) is 1. The highest BCUT2D eigenvalue weighted by Crippen LogP contribution is 2.24. The molecule has 6 heteroatoms. The summed E-state index contributed by atoms with van der Waals surface area (Å²) in [4.78, 5) is 11.9. The zero-order valence-corrected chi connectivity index (χ0v) is 11.7. The molecule has 0 heterocycles. The fourth-order valence-corrected chi connectivity index (χ4v) is 2.46. The molecule has 0 aliphatic carbocycles. The first-order valence-corrected chi connectivity index (χ1v) is 7.42. The molecular weight excluding hydrogens is 266 g/mol. The number of aromatic hydroxyl groups is 1. The summed E-state index contributed by atoms with van der Waals surface area (Å²) in [6.45, 7) is 6.45. The van der Waals surface area contributed by atoms with E-state index in [4.69, 9.17) is 0 Å². The Morgan fingerprint density at radius 2 is 2.16 bits per heavy atom. The van der Waals surface area contributed by atoms with Crippen LogP contribution < -0.4 is 5.32 Å². The number of hydrogen-bond acceptors (Lipinski definition) is 4. The van der Waals surface area contributed by atoms with Gasteiger partial charge in [-0.15, -0.1) is 6.58 Å². The summed E-state index contributed by atoms with van der Waals surface area (Å²) in [6.07, 6.45) is 1.24. The number of aryl methyl sites for hydroxylation is 1. The first-order valence-electron chi connectivity index (χ1n) is 5.71. The molecule has 0 saturated carbocycles. The van der Waals surface area contributed by atoms with E-state index in [0.29, 0.717) is 0 Å². The van der Waals surface area contributed by atoms with Gasteiger partial charge in [0.15, 0.2) is 9.84 Å². The van der Waals surface area contributed by atoms with Gasteiger partial charge in [0.05, 0.1) is 11.4 Å². The monoisotopic (exact) mass is 283 g/mol. The van der Waals surface area contributed by atoms with Crippen LogP contribution in [-0.2, 0) is 14.6 Å². The minimum atomic E-state index is -3.56. The van der Waals surface area contributed by atoms with Crippen molar-refractivity contribution in [2.45, 2.75) is 19.1 Å². The molecule has 2 N–H and O–H groups in total. The lowest BCUT2D eigenvalue weighted by Crippen LogP contribution is -2.33. The van der Waals surface area contributed by atoms with Crippen LogP contribution in [0.4, 0.5) is 5.69 Å². The number of benzene rings is 1. The van der Waals surface area contributed by atoms with Gasteiger partial charge in [-0.1, -0.05) is 12.1 Å². The van der Waals surface area contributed by atoms with Crippen LogP contribution in [-0.4, -0.2) is 30.4 Å². The van der Waals surface area contributed by atoms with Crippen LogP contribution >= 0.6 is 0 Å². The number of hydrogen-bond donors (Lipinski definition) is 2. The van der Waals surface area contributed by atoms with E-state index >= 15 is 0 Å². The van der Waals surface area contributed by atoms with Gasteiger partial charge >= 0.3 is 0 Å². The van der Waals surface area contributed by atoms with E-state index in [-0.39, 0.29) is 17.2 Å². The van der Waals surface area contributed by atoms with Crippen molar-refractivity contribution >= 4 is 21.4 Å². The topological polar surface area (TPSA) is 83.5 Å². The second-order valence-corrected chi connectivity index (χ2v) is 6.64. The molecule has 1 aromatic carbocycles. The third-order valence-electron chi connectivity index (χ3n) is 2.67. The zero-order valence-electron chi connectivity index (χ0n) is 10.9. The molecular formula is C13H17NO4S. The minimum absolute atomic E-state index is 0.104. The van der Waals surface area contributed by atoms with Gasteiger partial charge in [0.25, 0.3) is 0 Å². The molecule has 0 radical (unpaired) electrons. The van der Waals surface area contributed by atoms with Gasteiger partial charge in [0, 0.05) is 0 Å². The predicted molar refractivity (Wildman–Crippen MR) is 74.9 cm³/mol. The van der Waals surface area contributed by atoms with E-state index in [1.165, 1.54) is 19.1 Å². The van der Waals surface area contributed by atoms with Crippen LogP contribution in [0.3, 0.4) is 0 Å². The van der Waals surface area contributed by atoms with Crippen molar-refractivity contribution in [1.82, 2.24) is 0 Å². The van der Waals surface area contributed by atoms with Gasteiger partial charge < -0.3 is 10.4 Å². The lowest BCUT2D eigenvalue weighted by Gasteiger charge is -2.13. The van der Waals surface area contributed by atoms with E-state index in [9.17, 15) is 18.3 Å². The molecule has 0 aliphatic rings. The smallest absolute Gasteiger partial charge is 0.242 e. The highest BCUT2D eigenvalue weighted by molar-refractivity contribution is 7.92. The number of sulfone groups is 1. The lowest BCUT2D eigenvalue weighted by molar-refractivity contribution is -0.115. The molecule has 0 spiro atoms. The van der Waals surface area contributed by atoms with E-state index in [0.717, 1.165) is 5.56 Å². The van der Waals surface area contributed by atoms with Crippen LogP contribution in [0.5, 0.6) is 5.75 Å². The molecule has 1 rings (SSSR count). The summed E-state index contributed by atoms with van der Waals surface area (Å²) < 4.78 is 23.4. The average molecular weight is 283 g/mol. The maximum atomic E-state index is 11.9. The van der Waals surface area contributed by atoms with Crippen molar-refractivity contribution in [2.24, 2.45) is 0 Å². The first-order chi connectivity index (χ1) is 8.77. The number of carbonyl (C=O) groups excluding carboxylic acids is 1. The Morgan fingerprint density at radius 1 is 1.53 bits per heavy atom. The highest BCUT2D eigenvalue weighted by Gasteiger charge is 2.27. The van der Waals surface area contributed by atoms with Crippen molar-refractivity contribution in [2.75, 3.05) is 11.1 Å². The van der Waals surface area contributed by atoms with E-state index in [1.54, 1.807) is 19.1 Å². The van der Waals surface area contributed by atoms with E-state index in [2.05, 4.69) is 11.9 Å². The molecule has 1 aromatic rings. The Morgan fingerprint density at radius 3 is 2.74 bits per heavy atom. The molecule has 19 heavy (non-hydrogen) atoms. The molecule has 1 unspecified atom stereocenters. The molecule has 1 atom stereocenters. The van der Waals surface area contributed by atoms with Gasteiger partial charge in [0.1, 0.15) is 11.0 Å². The Bertz CT molecular complexity index is 593. The van der Waals surface area contributed by atoms with Crippen molar-refractivity contribution in [3.8, 4) is 5.75 Å². The summed E-state index contributed by atoms with van der Waals surface area (Å²) in [5.41, 5.74) is 1.04.